The first kappa shape index (κ1) is 34.8. The second-order valence-corrected chi connectivity index (χ2v) is 10.6. The fourth-order valence-electron chi connectivity index (χ4n) is 4.18. The molecule has 1 N–H and O–H groups in total. The number of carbonyl (C=O) groups is 2. The van der Waals surface area contributed by atoms with Crippen molar-refractivity contribution < 1.29 is 19.1 Å². The highest BCUT2D eigenvalue weighted by Crippen LogP contribution is 2.21. The summed E-state index contributed by atoms with van der Waals surface area (Å²) in [5.74, 6) is -1.21. The van der Waals surface area contributed by atoms with Crippen LogP contribution in [0, 0.1) is 27.7 Å². The minimum absolute atomic E-state index is 0.102. The topological polar surface area (TPSA) is 151 Å². The molecule has 0 bridgehead atoms. The third-order valence-electron chi connectivity index (χ3n) is 7.04. The van der Waals surface area contributed by atoms with E-state index in [9.17, 15) is 28.8 Å². The Morgan fingerprint density at radius 1 is 0.733 bits per heavy atom. The van der Waals surface area contributed by atoms with Gasteiger partial charge >= 0.3 is 23.3 Å². The Bertz CT molecular complexity index is 2000. The van der Waals surface area contributed by atoms with E-state index in [-0.39, 0.29) is 45.8 Å². The number of benzene rings is 2. The lowest BCUT2D eigenvalue weighted by atomic mass is 10.2. The lowest BCUT2D eigenvalue weighted by molar-refractivity contribution is 0.0517. The number of aryl methyl sites for hydroxylation is 1. The largest absolute Gasteiger partial charge is 0.462 e. The average Bonchev–Trinajstić information content (AvgIpc) is 3.00. The molecule has 0 radical (unpaired) electrons. The summed E-state index contributed by atoms with van der Waals surface area (Å²) in [5, 5.41) is 0.386. The Morgan fingerprint density at radius 3 is 1.64 bits per heavy atom. The van der Waals surface area contributed by atoms with Gasteiger partial charge in [0.25, 0.3) is 11.1 Å². The molecule has 2 aromatic carbocycles. The number of carbonyl (C=O) groups excluding carboxylic acids is 2. The van der Waals surface area contributed by atoms with Crippen LogP contribution >= 0.6 is 23.2 Å². The van der Waals surface area contributed by atoms with Gasteiger partial charge in [-0.05, 0) is 77.9 Å². The summed E-state index contributed by atoms with van der Waals surface area (Å²) < 4.78 is 13.2. The van der Waals surface area contributed by atoms with Crippen molar-refractivity contribution in [3.8, 4) is 11.4 Å². The van der Waals surface area contributed by atoms with Crippen molar-refractivity contribution in [2.45, 2.75) is 41.5 Å². The van der Waals surface area contributed by atoms with Gasteiger partial charge in [0.2, 0.25) is 0 Å². The summed E-state index contributed by atoms with van der Waals surface area (Å²) in [4.78, 5) is 75.6. The van der Waals surface area contributed by atoms with Gasteiger partial charge in [0.05, 0.1) is 45.8 Å². The van der Waals surface area contributed by atoms with Crippen LogP contribution in [0.5, 0.6) is 0 Å². The number of nitrogens with zero attached hydrogens (tertiary/aromatic N) is 3. The predicted octanol–water partition coefficient (Wildman–Crippen LogP) is 3.96. The third kappa shape index (κ3) is 7.18. The predicted molar refractivity (Wildman–Crippen MR) is 171 cm³/mol. The number of aromatic nitrogens is 4. The first-order valence-electron chi connectivity index (χ1n) is 13.7. The molecule has 0 aliphatic heterocycles. The minimum Gasteiger partial charge on any atom is -0.462 e. The molecule has 0 saturated heterocycles. The molecule has 0 spiro atoms. The second kappa shape index (κ2) is 14.4. The number of H-pyrrole nitrogens is 1. The van der Waals surface area contributed by atoms with E-state index in [1.165, 1.54) is 41.0 Å². The number of nitrogens with one attached hydrogen (secondary N) is 1. The molecule has 0 unspecified atom stereocenters. The Labute approximate surface area is 267 Å². The van der Waals surface area contributed by atoms with Crippen LogP contribution in [0.4, 0.5) is 0 Å². The van der Waals surface area contributed by atoms with E-state index in [1.807, 2.05) is 0 Å². The Balaban J connectivity index is 0.000000246. The van der Waals surface area contributed by atoms with E-state index in [4.69, 9.17) is 32.7 Å². The molecule has 4 rings (SSSR count). The van der Waals surface area contributed by atoms with Crippen LogP contribution in [0.2, 0.25) is 10.0 Å². The van der Waals surface area contributed by atoms with Crippen LogP contribution in [0.3, 0.4) is 0 Å². The molecule has 238 valence electrons. The van der Waals surface area contributed by atoms with Gasteiger partial charge in [-0.25, -0.2) is 28.3 Å². The van der Waals surface area contributed by atoms with Crippen molar-refractivity contribution in [3.05, 3.63) is 122 Å². The van der Waals surface area contributed by atoms with Crippen molar-refractivity contribution in [1.29, 1.82) is 0 Å². The molecule has 2 heterocycles. The highest BCUT2D eigenvalue weighted by Gasteiger charge is 2.18. The summed E-state index contributed by atoms with van der Waals surface area (Å²) in [6, 6.07) is 8.68. The molecule has 12 nitrogen and oxygen atoms in total. The standard InChI is InChI=1S/C16H17ClN2O4.C15H15ClN2O4/c1-5-23-15(21)12-8-11(6-7-13(12)17)19-14(20)9(2)10(3)18(4)16(19)22;1-4-22-14(20)11-7-10(5-6-12(11)16)18-13(19)8(2)9(3)17-15(18)21/h6-8H,5H2,1-4H3;5-7H,4H2,1-3H3,(H,17,21). The van der Waals surface area contributed by atoms with Crippen LogP contribution in [-0.2, 0) is 16.5 Å². The maximum Gasteiger partial charge on any atom is 0.339 e. The monoisotopic (exact) mass is 658 g/mol. The summed E-state index contributed by atoms with van der Waals surface area (Å²) in [5.41, 5.74) is 0.770. The van der Waals surface area contributed by atoms with Crippen LogP contribution in [0.15, 0.2) is 55.6 Å². The van der Waals surface area contributed by atoms with E-state index in [0.717, 1.165) is 9.13 Å². The normalized spacial score (nSPS) is 10.6. The van der Waals surface area contributed by atoms with E-state index in [2.05, 4.69) is 4.98 Å². The first-order chi connectivity index (χ1) is 21.2. The van der Waals surface area contributed by atoms with Crippen molar-refractivity contribution in [1.82, 2.24) is 18.7 Å². The Kier molecular flexibility index (Phi) is 11.1. The Morgan fingerprint density at radius 2 is 1.18 bits per heavy atom. The second-order valence-electron chi connectivity index (χ2n) is 9.78. The molecule has 0 aliphatic carbocycles. The van der Waals surface area contributed by atoms with E-state index < -0.39 is 34.4 Å². The van der Waals surface area contributed by atoms with Gasteiger partial charge in [-0.1, -0.05) is 23.2 Å². The molecule has 2 aromatic heterocycles. The molecule has 0 amide bonds. The minimum atomic E-state index is -0.609. The molecular weight excluding hydrogens is 627 g/mol. The highest BCUT2D eigenvalue weighted by molar-refractivity contribution is 6.34. The number of ether oxygens (including phenoxy) is 2. The summed E-state index contributed by atoms with van der Waals surface area (Å²) in [6.07, 6.45) is 0. The Hall–Kier alpha value is -4.68. The van der Waals surface area contributed by atoms with Gasteiger partial charge in [-0.2, -0.15) is 0 Å². The molecule has 0 fully saturated rings. The van der Waals surface area contributed by atoms with E-state index in [0.29, 0.717) is 22.5 Å². The number of esters is 2. The van der Waals surface area contributed by atoms with Gasteiger partial charge in [0, 0.05) is 29.6 Å². The maximum absolute atomic E-state index is 12.5. The van der Waals surface area contributed by atoms with Crippen molar-refractivity contribution in [3.63, 3.8) is 0 Å². The molecule has 0 aliphatic rings. The third-order valence-corrected chi connectivity index (χ3v) is 7.70. The smallest absolute Gasteiger partial charge is 0.339 e. The van der Waals surface area contributed by atoms with E-state index in [1.54, 1.807) is 48.6 Å². The number of hydrogen-bond donors (Lipinski definition) is 1. The molecule has 4 aromatic rings. The highest BCUT2D eigenvalue weighted by atomic mass is 35.5. The van der Waals surface area contributed by atoms with Crippen LogP contribution in [-0.4, -0.2) is 43.8 Å². The fourth-order valence-corrected chi connectivity index (χ4v) is 4.57. The zero-order chi connectivity index (χ0) is 33.7. The fraction of sp³-hybridized carbons (Fsp3) is 0.290. The molecule has 0 saturated carbocycles. The average molecular weight is 660 g/mol. The quantitative estimate of drug-likeness (QED) is 0.306. The zero-order valence-electron chi connectivity index (χ0n) is 25.7. The molecule has 14 heteroatoms. The van der Waals surface area contributed by atoms with Gasteiger partial charge < -0.3 is 19.0 Å². The van der Waals surface area contributed by atoms with Gasteiger partial charge in [-0.3, -0.25) is 9.59 Å². The first-order valence-corrected chi connectivity index (χ1v) is 14.5. The number of aromatic amines is 1. The van der Waals surface area contributed by atoms with Crippen LogP contribution in [0.25, 0.3) is 11.4 Å². The lowest BCUT2D eigenvalue weighted by Gasteiger charge is -2.13. The molecular formula is C31H32Cl2N4O8. The molecule has 45 heavy (non-hydrogen) atoms. The zero-order valence-corrected chi connectivity index (χ0v) is 27.3. The van der Waals surface area contributed by atoms with Crippen molar-refractivity contribution in [2.24, 2.45) is 7.05 Å². The van der Waals surface area contributed by atoms with Crippen molar-refractivity contribution >= 4 is 35.1 Å². The SMILES string of the molecule is CCOC(=O)c1cc(-n2c(=O)[nH]c(C)c(C)c2=O)ccc1Cl.CCOC(=O)c1cc(-n2c(=O)c(C)c(C)n(C)c2=O)ccc1Cl. The van der Waals surface area contributed by atoms with Gasteiger partial charge in [-0.15, -0.1) is 0 Å². The van der Waals surface area contributed by atoms with Crippen LogP contribution in [0.1, 0.15) is 57.1 Å². The van der Waals surface area contributed by atoms with Gasteiger partial charge in [0.1, 0.15) is 0 Å². The van der Waals surface area contributed by atoms with Crippen molar-refractivity contribution in [2.75, 3.05) is 13.2 Å². The van der Waals surface area contributed by atoms with E-state index >= 15 is 0 Å². The lowest BCUT2D eigenvalue weighted by Crippen LogP contribution is -2.40. The summed E-state index contributed by atoms with van der Waals surface area (Å²) in [6.45, 7) is 10.4. The maximum atomic E-state index is 12.5. The molecule has 0 atom stereocenters. The van der Waals surface area contributed by atoms with Crippen LogP contribution < -0.4 is 22.5 Å². The van der Waals surface area contributed by atoms with Gasteiger partial charge in [0.15, 0.2) is 0 Å². The summed E-state index contributed by atoms with van der Waals surface area (Å²) >= 11 is 12.0. The summed E-state index contributed by atoms with van der Waals surface area (Å²) in [7, 11) is 1.59. The number of rotatable bonds is 6. The number of hydrogen-bond acceptors (Lipinski definition) is 8. The number of halogens is 2.